The molecule has 0 saturated heterocycles. The molecule has 0 spiro atoms. The summed E-state index contributed by atoms with van der Waals surface area (Å²) < 4.78 is 32.2. The van der Waals surface area contributed by atoms with Crippen LogP contribution in [-0.4, -0.2) is 71.5 Å². The van der Waals surface area contributed by atoms with E-state index < -0.39 is 24.4 Å². The Morgan fingerprint density at radius 3 is 2.68 bits per heavy atom. The molecule has 34 heavy (non-hydrogen) atoms. The molecular weight excluding hydrogens is 442 g/mol. The number of rotatable bonds is 11. The zero-order chi connectivity index (χ0) is 24.9. The Labute approximate surface area is 198 Å². The molecule has 3 aromatic rings. The Hall–Kier alpha value is -3.27. The van der Waals surface area contributed by atoms with Crippen molar-refractivity contribution in [2.45, 2.75) is 32.7 Å². The fraction of sp³-hybridized carbons (Fsp3) is 0.458. The summed E-state index contributed by atoms with van der Waals surface area (Å²) >= 11 is 0. The van der Waals surface area contributed by atoms with Crippen molar-refractivity contribution in [3.8, 4) is 16.9 Å². The van der Waals surface area contributed by atoms with Gasteiger partial charge in [-0.2, -0.15) is 0 Å². The third kappa shape index (κ3) is 6.86. The van der Waals surface area contributed by atoms with Crippen LogP contribution < -0.4 is 15.4 Å². The number of H-pyrrole nitrogens is 1. The van der Waals surface area contributed by atoms with Gasteiger partial charge in [0.1, 0.15) is 24.0 Å². The molecule has 0 radical (unpaired) electrons. The van der Waals surface area contributed by atoms with Crippen LogP contribution >= 0.6 is 0 Å². The maximum atomic E-state index is 13.2. The van der Waals surface area contributed by atoms with Crippen LogP contribution in [0.3, 0.4) is 0 Å². The van der Waals surface area contributed by atoms with Gasteiger partial charge in [0.15, 0.2) is 0 Å². The van der Waals surface area contributed by atoms with Crippen molar-refractivity contribution < 1.29 is 18.3 Å². The molecule has 0 bridgehead atoms. The number of carbonyl (C=O) groups is 1. The van der Waals surface area contributed by atoms with Crippen molar-refractivity contribution >= 4 is 22.6 Å². The van der Waals surface area contributed by atoms with E-state index >= 15 is 0 Å². The molecule has 8 nitrogen and oxygen atoms in total. The highest BCUT2D eigenvalue weighted by molar-refractivity contribution is 5.94. The van der Waals surface area contributed by atoms with E-state index in [1.807, 2.05) is 51.2 Å². The lowest BCUT2D eigenvalue weighted by Crippen LogP contribution is -2.46. The summed E-state index contributed by atoms with van der Waals surface area (Å²) in [5, 5.41) is 6.34. The number of likely N-dealkylation sites (N-methyl/N-ethyl adjacent to an activating group) is 1. The van der Waals surface area contributed by atoms with Gasteiger partial charge in [0.05, 0.1) is 18.4 Å². The van der Waals surface area contributed by atoms with Crippen LogP contribution in [0.5, 0.6) is 5.75 Å². The Kier molecular flexibility index (Phi) is 8.03. The molecule has 3 N–H and O–H groups in total. The minimum absolute atomic E-state index is 0.131. The molecule has 3 heterocycles. The van der Waals surface area contributed by atoms with Crippen molar-refractivity contribution in [2.24, 2.45) is 5.92 Å². The van der Waals surface area contributed by atoms with Gasteiger partial charge in [-0.15, -0.1) is 0 Å². The second-order valence-corrected chi connectivity index (χ2v) is 9.04. The van der Waals surface area contributed by atoms with Gasteiger partial charge >= 0.3 is 0 Å². The highest BCUT2D eigenvalue weighted by atomic mass is 19.3. The summed E-state index contributed by atoms with van der Waals surface area (Å²) in [4.78, 5) is 26.5. The van der Waals surface area contributed by atoms with E-state index in [1.54, 1.807) is 18.6 Å². The minimum atomic E-state index is -2.98. The predicted molar refractivity (Wildman–Crippen MR) is 129 cm³/mol. The van der Waals surface area contributed by atoms with E-state index in [-0.39, 0.29) is 5.92 Å². The van der Waals surface area contributed by atoms with Crippen molar-refractivity contribution in [1.29, 1.82) is 0 Å². The standard InChI is InChI=1S/C24H32F2N6O2/c1-15(2)21(23(33)30-14-24(3,25)26)31-17-8-16(10-27-11-17)20-13-29-22-19(20)9-18(12-28-22)34-7-6-32(4)5/h8-13,15,21,31H,6-7,14H2,1-5H3,(H,28,29)(H,30,33). The lowest BCUT2D eigenvalue weighted by atomic mass is 10.0. The largest absolute Gasteiger partial charge is 0.491 e. The van der Waals surface area contributed by atoms with Gasteiger partial charge in [0.2, 0.25) is 5.91 Å². The summed E-state index contributed by atoms with van der Waals surface area (Å²) in [6.07, 6.45) is 6.84. The number of pyridine rings is 2. The number of carbonyl (C=O) groups excluding carboxylic acids is 1. The lowest BCUT2D eigenvalue weighted by molar-refractivity contribution is -0.124. The first kappa shape index (κ1) is 25.4. The van der Waals surface area contributed by atoms with Gasteiger partial charge < -0.3 is 25.3 Å². The number of hydrogen-bond donors (Lipinski definition) is 3. The van der Waals surface area contributed by atoms with E-state index in [4.69, 9.17) is 4.74 Å². The summed E-state index contributed by atoms with van der Waals surface area (Å²) in [5.41, 5.74) is 3.02. The number of fused-ring (bicyclic) bond motifs is 1. The van der Waals surface area contributed by atoms with E-state index in [2.05, 4.69) is 25.6 Å². The van der Waals surface area contributed by atoms with Crippen LogP contribution in [-0.2, 0) is 4.79 Å². The molecule has 0 aliphatic rings. The average Bonchev–Trinajstić information content (AvgIpc) is 3.18. The lowest BCUT2D eigenvalue weighted by Gasteiger charge is -2.23. The molecule has 0 aliphatic carbocycles. The van der Waals surface area contributed by atoms with Gasteiger partial charge in [0, 0.05) is 48.6 Å². The van der Waals surface area contributed by atoms with Gasteiger partial charge in [0.25, 0.3) is 5.92 Å². The Morgan fingerprint density at radius 2 is 2.00 bits per heavy atom. The molecule has 0 saturated carbocycles. The van der Waals surface area contributed by atoms with Crippen LogP contribution in [0.1, 0.15) is 20.8 Å². The van der Waals surface area contributed by atoms with Crippen LogP contribution in [0.4, 0.5) is 14.5 Å². The summed E-state index contributed by atoms with van der Waals surface area (Å²) in [7, 11) is 3.96. The fourth-order valence-electron chi connectivity index (χ4n) is 3.38. The number of halogens is 2. The third-order valence-electron chi connectivity index (χ3n) is 5.21. The molecule has 1 atom stereocenters. The number of ether oxygens (including phenoxy) is 1. The summed E-state index contributed by atoms with van der Waals surface area (Å²) in [5.74, 6) is -2.93. The highest BCUT2D eigenvalue weighted by Gasteiger charge is 2.27. The average molecular weight is 475 g/mol. The van der Waals surface area contributed by atoms with Crippen molar-refractivity contribution in [3.05, 3.63) is 36.9 Å². The first-order valence-electron chi connectivity index (χ1n) is 11.2. The molecule has 1 amide bonds. The Bertz CT molecular complexity index is 1110. The van der Waals surface area contributed by atoms with Crippen LogP contribution in [0.2, 0.25) is 0 Å². The number of hydrogen-bond acceptors (Lipinski definition) is 6. The van der Waals surface area contributed by atoms with E-state index in [0.717, 1.165) is 30.0 Å². The number of anilines is 1. The van der Waals surface area contributed by atoms with Crippen molar-refractivity contribution in [2.75, 3.05) is 39.1 Å². The molecule has 3 rings (SSSR count). The van der Waals surface area contributed by atoms with Crippen LogP contribution in [0.15, 0.2) is 36.9 Å². The van der Waals surface area contributed by atoms with E-state index in [1.165, 1.54) is 0 Å². The first-order valence-corrected chi connectivity index (χ1v) is 11.2. The molecule has 1 unspecified atom stereocenters. The molecule has 0 fully saturated rings. The normalized spacial score (nSPS) is 12.9. The highest BCUT2D eigenvalue weighted by Crippen LogP contribution is 2.31. The van der Waals surface area contributed by atoms with Crippen LogP contribution in [0.25, 0.3) is 22.2 Å². The predicted octanol–water partition coefficient (Wildman–Crippen LogP) is 3.77. The zero-order valence-corrected chi connectivity index (χ0v) is 20.2. The number of aromatic nitrogens is 3. The van der Waals surface area contributed by atoms with E-state index in [9.17, 15) is 13.6 Å². The second-order valence-electron chi connectivity index (χ2n) is 9.04. The number of alkyl halides is 2. The second kappa shape index (κ2) is 10.8. The molecule has 3 aromatic heterocycles. The van der Waals surface area contributed by atoms with Gasteiger partial charge in [-0.05, 0) is 32.1 Å². The maximum absolute atomic E-state index is 13.2. The van der Waals surface area contributed by atoms with Gasteiger partial charge in [-0.3, -0.25) is 9.78 Å². The molecule has 0 aliphatic heterocycles. The topological polar surface area (TPSA) is 95.2 Å². The summed E-state index contributed by atoms with van der Waals surface area (Å²) in [6, 6.07) is 3.10. The summed E-state index contributed by atoms with van der Waals surface area (Å²) in [6.45, 7) is 5.09. The maximum Gasteiger partial charge on any atom is 0.262 e. The monoisotopic (exact) mass is 474 g/mol. The molecule has 10 heteroatoms. The minimum Gasteiger partial charge on any atom is -0.491 e. The van der Waals surface area contributed by atoms with Gasteiger partial charge in [-0.1, -0.05) is 13.8 Å². The quantitative estimate of drug-likeness (QED) is 0.392. The molecular formula is C24H32F2N6O2. The Balaban J connectivity index is 1.80. The fourth-order valence-corrected chi connectivity index (χ4v) is 3.38. The van der Waals surface area contributed by atoms with Gasteiger partial charge in [-0.25, -0.2) is 13.8 Å². The molecule has 184 valence electrons. The van der Waals surface area contributed by atoms with Crippen molar-refractivity contribution in [1.82, 2.24) is 25.2 Å². The third-order valence-corrected chi connectivity index (χ3v) is 5.21. The number of amides is 1. The molecule has 0 aromatic carbocycles. The number of nitrogens with one attached hydrogen (secondary N) is 3. The number of nitrogens with zero attached hydrogens (tertiary/aromatic N) is 3. The zero-order valence-electron chi connectivity index (χ0n) is 20.2. The first-order chi connectivity index (χ1) is 16.0. The van der Waals surface area contributed by atoms with Crippen molar-refractivity contribution in [3.63, 3.8) is 0 Å². The van der Waals surface area contributed by atoms with Crippen LogP contribution in [0, 0.1) is 5.92 Å². The van der Waals surface area contributed by atoms with E-state index in [0.29, 0.717) is 23.7 Å². The number of aromatic amines is 1. The smallest absolute Gasteiger partial charge is 0.262 e. The Morgan fingerprint density at radius 1 is 1.24 bits per heavy atom. The SMILES string of the molecule is CC(C)C(Nc1cncc(-c2c[nH]c3ncc(OCCN(C)C)cc23)c1)C(=O)NCC(C)(F)F.